The van der Waals surface area contributed by atoms with Crippen LogP contribution in [-0.4, -0.2) is 52.8 Å². The lowest BCUT2D eigenvalue weighted by Crippen LogP contribution is -2.43. The lowest BCUT2D eigenvalue weighted by Gasteiger charge is -2.33. The fourth-order valence-electron chi connectivity index (χ4n) is 3.28. The van der Waals surface area contributed by atoms with Crippen molar-refractivity contribution >= 4 is 28.2 Å². The van der Waals surface area contributed by atoms with E-state index in [1.165, 1.54) is 11.3 Å². The third-order valence-electron chi connectivity index (χ3n) is 4.77. The molecule has 4 rings (SSSR count). The first-order valence-electron chi connectivity index (χ1n) is 9.67. The standard InChI is InChI=1S/C21H23N5O3S/c1-14-24-25-21(30-14)23-19-8-4-7-17(22-19)18-13-26(9-10-29-18)20(27)12-15-5-3-6-16(11-15)28-2/h3-8,11,18H,9-10,12-13H2,1-2H3,(H,22,23,25). The van der Waals surface area contributed by atoms with Crippen molar-refractivity contribution in [3.63, 3.8) is 0 Å². The average Bonchev–Trinajstić information content (AvgIpc) is 3.18. The van der Waals surface area contributed by atoms with Crippen molar-refractivity contribution in [2.24, 2.45) is 0 Å². The van der Waals surface area contributed by atoms with Crippen molar-refractivity contribution in [1.82, 2.24) is 20.1 Å². The van der Waals surface area contributed by atoms with E-state index in [1.807, 2.05) is 54.3 Å². The number of ether oxygens (including phenoxy) is 2. The molecule has 1 fully saturated rings. The summed E-state index contributed by atoms with van der Waals surface area (Å²) in [5, 5.41) is 12.8. The summed E-state index contributed by atoms with van der Waals surface area (Å²) in [6, 6.07) is 13.3. The Morgan fingerprint density at radius 1 is 1.30 bits per heavy atom. The highest BCUT2D eigenvalue weighted by molar-refractivity contribution is 7.15. The number of carbonyl (C=O) groups excluding carboxylic acids is 1. The molecule has 1 N–H and O–H groups in total. The van der Waals surface area contributed by atoms with E-state index < -0.39 is 0 Å². The number of pyridine rings is 1. The molecule has 1 atom stereocenters. The van der Waals surface area contributed by atoms with Crippen LogP contribution >= 0.6 is 11.3 Å². The number of carbonyl (C=O) groups is 1. The number of morpholine rings is 1. The van der Waals surface area contributed by atoms with Gasteiger partial charge in [0, 0.05) is 6.54 Å². The summed E-state index contributed by atoms with van der Waals surface area (Å²) >= 11 is 1.47. The average molecular weight is 426 g/mol. The number of methoxy groups -OCH3 is 1. The number of hydrogen-bond acceptors (Lipinski definition) is 8. The van der Waals surface area contributed by atoms with E-state index in [-0.39, 0.29) is 12.0 Å². The highest BCUT2D eigenvalue weighted by atomic mass is 32.1. The van der Waals surface area contributed by atoms with Crippen LogP contribution in [0.1, 0.15) is 22.4 Å². The third-order valence-corrected chi connectivity index (χ3v) is 5.52. The van der Waals surface area contributed by atoms with Gasteiger partial charge in [-0.2, -0.15) is 0 Å². The topological polar surface area (TPSA) is 89.5 Å². The van der Waals surface area contributed by atoms with Gasteiger partial charge in [0.05, 0.1) is 32.4 Å². The van der Waals surface area contributed by atoms with Gasteiger partial charge in [-0.05, 0) is 36.8 Å². The van der Waals surface area contributed by atoms with Crippen LogP contribution in [0, 0.1) is 6.92 Å². The molecule has 2 aromatic heterocycles. The highest BCUT2D eigenvalue weighted by Gasteiger charge is 2.26. The molecule has 1 aliphatic rings. The number of nitrogens with zero attached hydrogens (tertiary/aromatic N) is 4. The van der Waals surface area contributed by atoms with Crippen molar-refractivity contribution in [1.29, 1.82) is 0 Å². The Kier molecular flexibility index (Phi) is 6.20. The van der Waals surface area contributed by atoms with Gasteiger partial charge >= 0.3 is 0 Å². The van der Waals surface area contributed by atoms with Gasteiger partial charge in [-0.15, -0.1) is 10.2 Å². The first-order valence-corrected chi connectivity index (χ1v) is 10.5. The Balaban J connectivity index is 1.42. The van der Waals surface area contributed by atoms with Crippen molar-refractivity contribution in [2.45, 2.75) is 19.4 Å². The first kappa shape index (κ1) is 20.2. The van der Waals surface area contributed by atoms with E-state index in [1.54, 1.807) is 7.11 Å². The maximum absolute atomic E-state index is 12.8. The molecular formula is C21H23N5O3S. The molecule has 3 aromatic rings. The molecule has 0 saturated carbocycles. The second-order valence-corrected chi connectivity index (χ2v) is 8.11. The molecule has 1 aliphatic heterocycles. The van der Waals surface area contributed by atoms with Gasteiger partial charge in [-0.25, -0.2) is 4.98 Å². The monoisotopic (exact) mass is 425 g/mol. The van der Waals surface area contributed by atoms with Crippen LogP contribution in [0.4, 0.5) is 10.9 Å². The van der Waals surface area contributed by atoms with Gasteiger partial charge in [-0.3, -0.25) is 4.79 Å². The van der Waals surface area contributed by atoms with Crippen LogP contribution in [0.5, 0.6) is 5.75 Å². The zero-order valence-corrected chi connectivity index (χ0v) is 17.7. The number of benzene rings is 1. The Morgan fingerprint density at radius 2 is 2.17 bits per heavy atom. The zero-order chi connectivity index (χ0) is 20.9. The maximum Gasteiger partial charge on any atom is 0.227 e. The Morgan fingerprint density at radius 3 is 2.97 bits per heavy atom. The van der Waals surface area contributed by atoms with Gasteiger partial charge in [0.15, 0.2) is 0 Å². The molecule has 8 nitrogen and oxygen atoms in total. The highest BCUT2D eigenvalue weighted by Crippen LogP contribution is 2.25. The lowest BCUT2D eigenvalue weighted by molar-refractivity contribution is -0.138. The Hall–Kier alpha value is -3.04. The second kappa shape index (κ2) is 9.19. The predicted octanol–water partition coefficient (Wildman–Crippen LogP) is 3.14. The number of nitrogens with one attached hydrogen (secondary N) is 1. The van der Waals surface area contributed by atoms with Crippen LogP contribution in [0.25, 0.3) is 0 Å². The van der Waals surface area contributed by atoms with Crippen molar-refractivity contribution in [3.8, 4) is 5.75 Å². The number of hydrogen-bond donors (Lipinski definition) is 1. The molecule has 1 saturated heterocycles. The van der Waals surface area contributed by atoms with Gasteiger partial charge in [0.2, 0.25) is 11.0 Å². The maximum atomic E-state index is 12.8. The second-order valence-electron chi connectivity index (χ2n) is 6.93. The van der Waals surface area contributed by atoms with E-state index in [4.69, 9.17) is 9.47 Å². The summed E-state index contributed by atoms with van der Waals surface area (Å²) in [5.41, 5.74) is 1.71. The summed E-state index contributed by atoms with van der Waals surface area (Å²) in [6.45, 7) is 3.42. The van der Waals surface area contributed by atoms with Gasteiger partial charge in [-0.1, -0.05) is 29.5 Å². The van der Waals surface area contributed by atoms with Crippen molar-refractivity contribution in [2.75, 3.05) is 32.1 Å². The molecule has 30 heavy (non-hydrogen) atoms. The van der Waals surface area contributed by atoms with Crippen LogP contribution < -0.4 is 10.1 Å². The molecular weight excluding hydrogens is 402 g/mol. The third kappa shape index (κ3) is 4.92. The number of aryl methyl sites for hydroxylation is 1. The lowest BCUT2D eigenvalue weighted by atomic mass is 10.1. The van der Waals surface area contributed by atoms with E-state index >= 15 is 0 Å². The van der Waals surface area contributed by atoms with E-state index in [2.05, 4.69) is 20.5 Å². The zero-order valence-electron chi connectivity index (χ0n) is 16.9. The van der Waals surface area contributed by atoms with Crippen molar-refractivity contribution in [3.05, 3.63) is 58.7 Å². The minimum Gasteiger partial charge on any atom is -0.497 e. The quantitative estimate of drug-likeness (QED) is 0.649. The Bertz CT molecular complexity index is 1030. The summed E-state index contributed by atoms with van der Waals surface area (Å²) in [7, 11) is 1.62. The van der Waals surface area contributed by atoms with Crippen LogP contribution in [0.2, 0.25) is 0 Å². The Labute approximate surface area is 178 Å². The minimum atomic E-state index is -0.272. The largest absolute Gasteiger partial charge is 0.497 e. The van der Waals surface area contributed by atoms with Crippen molar-refractivity contribution < 1.29 is 14.3 Å². The van der Waals surface area contributed by atoms with E-state index in [0.717, 1.165) is 22.0 Å². The number of amides is 1. The molecule has 0 radical (unpaired) electrons. The fourth-order valence-corrected chi connectivity index (χ4v) is 3.88. The molecule has 1 unspecified atom stereocenters. The summed E-state index contributed by atoms with van der Waals surface area (Å²) in [5.74, 6) is 1.49. The molecule has 0 aliphatic carbocycles. The molecule has 3 heterocycles. The molecule has 9 heteroatoms. The SMILES string of the molecule is COc1cccc(CC(=O)N2CCOC(c3cccc(Nc4nnc(C)s4)n3)C2)c1. The number of aromatic nitrogens is 3. The van der Waals surface area contributed by atoms with E-state index in [9.17, 15) is 4.79 Å². The summed E-state index contributed by atoms with van der Waals surface area (Å²) in [6.07, 6.45) is 0.0564. The normalized spacial score (nSPS) is 16.3. The smallest absolute Gasteiger partial charge is 0.227 e. The predicted molar refractivity (Wildman–Crippen MR) is 114 cm³/mol. The van der Waals surface area contributed by atoms with Crippen LogP contribution in [-0.2, 0) is 16.0 Å². The van der Waals surface area contributed by atoms with Crippen LogP contribution in [0.15, 0.2) is 42.5 Å². The fraction of sp³-hybridized carbons (Fsp3) is 0.333. The molecule has 0 bridgehead atoms. The number of rotatable bonds is 6. The summed E-state index contributed by atoms with van der Waals surface area (Å²) in [4.78, 5) is 19.3. The van der Waals surface area contributed by atoms with Gasteiger partial charge in [0.1, 0.15) is 22.7 Å². The van der Waals surface area contributed by atoms with Crippen LogP contribution in [0.3, 0.4) is 0 Å². The minimum absolute atomic E-state index is 0.0650. The molecule has 1 aromatic carbocycles. The molecule has 0 spiro atoms. The number of anilines is 2. The molecule has 1 amide bonds. The summed E-state index contributed by atoms with van der Waals surface area (Å²) < 4.78 is 11.2. The first-order chi connectivity index (χ1) is 14.6. The van der Waals surface area contributed by atoms with Gasteiger partial charge < -0.3 is 19.7 Å². The van der Waals surface area contributed by atoms with E-state index in [0.29, 0.717) is 37.1 Å². The van der Waals surface area contributed by atoms with Gasteiger partial charge in [0.25, 0.3) is 0 Å². The molecule has 156 valence electrons.